The molecule has 1 aromatic rings. The highest BCUT2D eigenvalue weighted by Gasteiger charge is 2.26. The van der Waals surface area contributed by atoms with E-state index in [1.165, 1.54) is 6.20 Å². The van der Waals surface area contributed by atoms with E-state index in [4.69, 9.17) is 9.84 Å². The monoisotopic (exact) mass is 225 g/mol. The molecule has 0 amide bonds. The van der Waals surface area contributed by atoms with Gasteiger partial charge in [-0.3, -0.25) is 4.79 Å². The van der Waals surface area contributed by atoms with Crippen LogP contribution in [0.3, 0.4) is 0 Å². The molecule has 2 unspecified atom stereocenters. The number of nitrogens with zero attached hydrogens (tertiary/aromatic N) is 2. The summed E-state index contributed by atoms with van der Waals surface area (Å²) in [6, 6.07) is 0. The normalized spacial score (nSPS) is 25.8. The van der Waals surface area contributed by atoms with E-state index in [-0.39, 0.29) is 24.4 Å². The highest BCUT2D eigenvalue weighted by atomic mass is 16.5. The van der Waals surface area contributed by atoms with Crippen LogP contribution < -0.4 is 10.5 Å². The summed E-state index contributed by atoms with van der Waals surface area (Å²) in [4.78, 5) is 20.0. The smallest absolute Gasteiger partial charge is 0.290 e. The van der Waals surface area contributed by atoms with Gasteiger partial charge in [-0.15, -0.1) is 0 Å². The van der Waals surface area contributed by atoms with E-state index in [1.54, 1.807) is 6.20 Å². The van der Waals surface area contributed by atoms with Gasteiger partial charge in [-0.1, -0.05) is 0 Å². The van der Waals surface area contributed by atoms with Gasteiger partial charge in [-0.25, -0.2) is 4.98 Å². The molecule has 0 spiro atoms. The van der Waals surface area contributed by atoms with E-state index in [2.05, 4.69) is 9.97 Å². The molecule has 1 aromatic heterocycles. The van der Waals surface area contributed by atoms with E-state index in [0.717, 1.165) is 0 Å². The Morgan fingerprint density at radius 1 is 1.69 bits per heavy atom. The van der Waals surface area contributed by atoms with Crippen molar-refractivity contribution in [2.45, 2.75) is 19.1 Å². The summed E-state index contributed by atoms with van der Waals surface area (Å²) in [6.07, 6.45) is 2.77. The van der Waals surface area contributed by atoms with Crippen molar-refractivity contribution in [2.75, 3.05) is 24.6 Å². The van der Waals surface area contributed by atoms with Crippen LogP contribution in [0.4, 0.5) is 5.82 Å². The molecule has 0 bridgehead atoms. The zero-order chi connectivity index (χ0) is 11.5. The standard InChI is InChI=1S/C10H15N3O3/c1-7-4-13(5-8(6-14)16-7)9-10(15)12-3-2-11-9/h2-3,7-8,14H,4-6H2,1H3,(H,12,15). The molecule has 1 aliphatic rings. The van der Waals surface area contributed by atoms with Crippen LogP contribution in [0.15, 0.2) is 17.2 Å². The van der Waals surface area contributed by atoms with Gasteiger partial charge in [0.05, 0.1) is 18.8 Å². The molecule has 0 radical (unpaired) electrons. The molecule has 88 valence electrons. The van der Waals surface area contributed by atoms with Gasteiger partial charge in [0.2, 0.25) is 0 Å². The molecule has 2 N–H and O–H groups in total. The quantitative estimate of drug-likeness (QED) is 0.699. The number of morpholine rings is 1. The van der Waals surface area contributed by atoms with Crippen molar-refractivity contribution in [3.8, 4) is 0 Å². The van der Waals surface area contributed by atoms with Crippen molar-refractivity contribution in [1.82, 2.24) is 9.97 Å². The van der Waals surface area contributed by atoms with Crippen LogP contribution in [-0.2, 0) is 4.74 Å². The molecule has 1 saturated heterocycles. The SMILES string of the molecule is CC1CN(c2ncc[nH]c2=O)CC(CO)O1. The molecule has 0 aromatic carbocycles. The van der Waals surface area contributed by atoms with Crippen LogP contribution in [0.5, 0.6) is 0 Å². The maximum Gasteiger partial charge on any atom is 0.290 e. The number of aliphatic hydroxyl groups is 1. The molecule has 0 aliphatic carbocycles. The number of hydrogen-bond donors (Lipinski definition) is 2. The van der Waals surface area contributed by atoms with E-state index in [9.17, 15) is 4.79 Å². The molecule has 2 atom stereocenters. The fraction of sp³-hybridized carbons (Fsp3) is 0.600. The van der Waals surface area contributed by atoms with Crippen LogP contribution >= 0.6 is 0 Å². The van der Waals surface area contributed by atoms with Crippen LogP contribution in [-0.4, -0.2) is 47.0 Å². The second-order valence-electron chi connectivity index (χ2n) is 3.90. The lowest BCUT2D eigenvalue weighted by atomic mass is 10.2. The molecule has 0 saturated carbocycles. The van der Waals surface area contributed by atoms with E-state index < -0.39 is 0 Å². The van der Waals surface area contributed by atoms with Gasteiger partial charge in [-0.2, -0.15) is 0 Å². The molecule has 1 fully saturated rings. The number of H-pyrrole nitrogens is 1. The van der Waals surface area contributed by atoms with Crippen LogP contribution in [0.1, 0.15) is 6.92 Å². The zero-order valence-electron chi connectivity index (χ0n) is 9.09. The molecule has 2 heterocycles. The van der Waals surface area contributed by atoms with Crippen molar-refractivity contribution in [3.05, 3.63) is 22.7 Å². The number of aliphatic hydroxyl groups excluding tert-OH is 1. The third-order valence-corrected chi connectivity index (χ3v) is 2.52. The first-order chi connectivity index (χ1) is 7.70. The molecule has 2 rings (SSSR count). The summed E-state index contributed by atoms with van der Waals surface area (Å²) in [6.45, 7) is 2.95. The highest BCUT2D eigenvalue weighted by Crippen LogP contribution is 2.14. The van der Waals surface area contributed by atoms with E-state index >= 15 is 0 Å². The lowest BCUT2D eigenvalue weighted by Gasteiger charge is -2.36. The van der Waals surface area contributed by atoms with E-state index in [0.29, 0.717) is 18.9 Å². The van der Waals surface area contributed by atoms with Crippen molar-refractivity contribution >= 4 is 5.82 Å². The van der Waals surface area contributed by atoms with Gasteiger partial charge in [-0.05, 0) is 6.92 Å². The predicted molar refractivity (Wildman–Crippen MR) is 58.5 cm³/mol. The maximum atomic E-state index is 11.6. The van der Waals surface area contributed by atoms with Crippen molar-refractivity contribution in [1.29, 1.82) is 0 Å². The third-order valence-electron chi connectivity index (χ3n) is 2.52. The van der Waals surface area contributed by atoms with Crippen LogP contribution in [0.2, 0.25) is 0 Å². The second-order valence-corrected chi connectivity index (χ2v) is 3.90. The Balaban J connectivity index is 2.21. The topological polar surface area (TPSA) is 78.5 Å². The number of aromatic amines is 1. The number of rotatable bonds is 2. The fourth-order valence-corrected chi connectivity index (χ4v) is 1.89. The molecule has 16 heavy (non-hydrogen) atoms. The Kier molecular flexibility index (Phi) is 3.21. The van der Waals surface area contributed by atoms with Crippen LogP contribution in [0.25, 0.3) is 0 Å². The number of hydrogen-bond acceptors (Lipinski definition) is 5. The number of ether oxygens (including phenoxy) is 1. The van der Waals surface area contributed by atoms with Crippen molar-refractivity contribution in [3.63, 3.8) is 0 Å². The second kappa shape index (κ2) is 4.63. The molecular weight excluding hydrogens is 210 g/mol. The summed E-state index contributed by atoms with van der Waals surface area (Å²) in [7, 11) is 0. The Bertz CT molecular complexity index is 406. The van der Waals surface area contributed by atoms with Gasteiger partial charge in [0, 0.05) is 25.5 Å². The average molecular weight is 225 g/mol. The Hall–Kier alpha value is -1.40. The lowest BCUT2D eigenvalue weighted by molar-refractivity contribution is -0.0423. The average Bonchev–Trinajstić information content (AvgIpc) is 2.28. The summed E-state index contributed by atoms with van der Waals surface area (Å²) >= 11 is 0. The summed E-state index contributed by atoms with van der Waals surface area (Å²) in [5.74, 6) is 0.385. The van der Waals surface area contributed by atoms with Gasteiger partial charge in [0.15, 0.2) is 5.82 Å². The largest absolute Gasteiger partial charge is 0.394 e. The first-order valence-corrected chi connectivity index (χ1v) is 5.25. The number of nitrogens with one attached hydrogen (secondary N) is 1. The van der Waals surface area contributed by atoms with Gasteiger partial charge < -0.3 is 19.7 Å². The van der Waals surface area contributed by atoms with Crippen LogP contribution in [0, 0.1) is 0 Å². The molecule has 6 heteroatoms. The van der Waals surface area contributed by atoms with E-state index in [1.807, 2.05) is 11.8 Å². The number of anilines is 1. The summed E-state index contributed by atoms with van der Waals surface area (Å²) in [5.41, 5.74) is -0.215. The molecule has 6 nitrogen and oxygen atoms in total. The molecular formula is C10H15N3O3. The maximum absolute atomic E-state index is 11.6. The minimum absolute atomic E-state index is 0.0210. The third kappa shape index (κ3) is 2.23. The summed E-state index contributed by atoms with van der Waals surface area (Å²) in [5, 5.41) is 9.08. The van der Waals surface area contributed by atoms with Crippen molar-refractivity contribution < 1.29 is 9.84 Å². The first-order valence-electron chi connectivity index (χ1n) is 5.25. The summed E-state index contributed by atoms with van der Waals surface area (Å²) < 4.78 is 5.50. The molecule has 1 aliphatic heterocycles. The predicted octanol–water partition coefficient (Wildman–Crippen LogP) is -0.644. The Labute approximate surface area is 92.9 Å². The van der Waals surface area contributed by atoms with Gasteiger partial charge in [0.25, 0.3) is 5.56 Å². The van der Waals surface area contributed by atoms with Gasteiger partial charge in [0.1, 0.15) is 0 Å². The minimum atomic E-state index is -0.259. The van der Waals surface area contributed by atoms with Crippen molar-refractivity contribution in [2.24, 2.45) is 0 Å². The zero-order valence-corrected chi connectivity index (χ0v) is 9.09. The highest BCUT2D eigenvalue weighted by molar-refractivity contribution is 5.36. The first kappa shape index (κ1) is 11.1. The lowest BCUT2D eigenvalue weighted by Crippen LogP contribution is -2.49. The Morgan fingerprint density at radius 3 is 3.19 bits per heavy atom. The minimum Gasteiger partial charge on any atom is -0.394 e. The Morgan fingerprint density at radius 2 is 2.50 bits per heavy atom. The fourth-order valence-electron chi connectivity index (χ4n) is 1.89. The number of aromatic nitrogens is 2. The van der Waals surface area contributed by atoms with Gasteiger partial charge >= 0.3 is 0 Å².